The molecule has 0 aromatic carbocycles. The Morgan fingerprint density at radius 3 is 2.47 bits per heavy atom. The minimum absolute atomic E-state index is 0.0260. The number of primary amides is 1. The van der Waals surface area contributed by atoms with Crippen molar-refractivity contribution in [2.75, 3.05) is 6.61 Å². The molecule has 0 aromatic heterocycles. The van der Waals surface area contributed by atoms with Gasteiger partial charge in [-0.15, -0.1) is 0 Å². The average Bonchev–Trinajstić information content (AvgIpc) is 2.74. The molecule has 0 fully saturated rings. The Morgan fingerprint density at radius 2 is 1.91 bits per heavy atom. The van der Waals surface area contributed by atoms with E-state index in [0.29, 0.717) is 12.8 Å². The molecule has 11 heteroatoms. The fraction of sp³-hybridized carbons (Fsp3) is 0.619. The molecule has 1 aliphatic carbocycles. The second kappa shape index (κ2) is 13.4. The average molecular weight is 452 g/mol. The molecule has 0 radical (unpaired) electrons. The molecule has 1 unspecified atom stereocenters. The van der Waals surface area contributed by atoms with Gasteiger partial charge in [-0.05, 0) is 29.8 Å². The highest BCUT2D eigenvalue weighted by Gasteiger charge is 2.31. The number of hydrogen-bond acceptors (Lipinski definition) is 6. The van der Waals surface area contributed by atoms with Crippen molar-refractivity contribution in [3.05, 3.63) is 23.8 Å². The Bertz CT molecular complexity index is 746. The maximum atomic E-state index is 13.0. The molecule has 0 aliphatic heterocycles. The van der Waals surface area contributed by atoms with Crippen LogP contribution in [0.4, 0.5) is 0 Å². The number of carbonyl (C=O) groups excluding carboxylic acids is 3. The van der Waals surface area contributed by atoms with E-state index in [2.05, 4.69) is 22.7 Å². The van der Waals surface area contributed by atoms with E-state index in [1.807, 2.05) is 32.1 Å². The quantitative estimate of drug-likeness (QED) is 0.0921. The summed E-state index contributed by atoms with van der Waals surface area (Å²) in [5, 5.41) is 8.74. The molecule has 32 heavy (non-hydrogen) atoms. The van der Waals surface area contributed by atoms with Gasteiger partial charge >= 0.3 is 0 Å². The van der Waals surface area contributed by atoms with Gasteiger partial charge < -0.3 is 38.4 Å². The van der Waals surface area contributed by atoms with E-state index in [4.69, 9.17) is 27.8 Å². The van der Waals surface area contributed by atoms with Crippen LogP contribution in [0.3, 0.4) is 0 Å². The lowest BCUT2D eigenvalue weighted by Gasteiger charge is -2.28. The zero-order chi connectivity index (χ0) is 24.3. The van der Waals surface area contributed by atoms with Crippen molar-refractivity contribution in [2.24, 2.45) is 39.9 Å². The van der Waals surface area contributed by atoms with Crippen molar-refractivity contribution in [1.82, 2.24) is 10.6 Å². The Kier molecular flexibility index (Phi) is 11.3. The van der Waals surface area contributed by atoms with Crippen LogP contribution in [0.2, 0.25) is 0 Å². The number of oxime groups is 1. The highest BCUT2D eigenvalue weighted by Crippen LogP contribution is 2.24. The smallest absolute Gasteiger partial charge is 0.243 e. The number of rotatable bonds is 13. The fourth-order valence-corrected chi connectivity index (χ4v) is 3.17. The summed E-state index contributed by atoms with van der Waals surface area (Å²) in [6.45, 7) is 5.80. The largest absolute Gasteiger partial charge is 0.393 e. The highest BCUT2D eigenvalue weighted by molar-refractivity contribution is 5.93. The van der Waals surface area contributed by atoms with Gasteiger partial charge in [0.05, 0.1) is 6.04 Å². The summed E-state index contributed by atoms with van der Waals surface area (Å²) < 4.78 is 0. The van der Waals surface area contributed by atoms with Crippen LogP contribution >= 0.6 is 0 Å². The van der Waals surface area contributed by atoms with E-state index < -0.39 is 35.8 Å². The first-order valence-electron chi connectivity index (χ1n) is 10.8. The number of amides is 3. The summed E-state index contributed by atoms with van der Waals surface area (Å²) in [5.41, 5.74) is 22.8. The molecular weight excluding hydrogens is 414 g/mol. The van der Waals surface area contributed by atoms with Gasteiger partial charge in [-0.3, -0.25) is 14.4 Å². The first-order valence-corrected chi connectivity index (χ1v) is 10.8. The lowest BCUT2D eigenvalue weighted by molar-refractivity contribution is -0.133. The van der Waals surface area contributed by atoms with Crippen molar-refractivity contribution >= 4 is 23.7 Å². The van der Waals surface area contributed by atoms with Crippen LogP contribution in [0.25, 0.3) is 0 Å². The Hall–Kier alpha value is -3.08. The number of nitrogens with zero attached hydrogens (tertiary/aromatic N) is 1. The van der Waals surface area contributed by atoms with E-state index in [1.165, 1.54) is 0 Å². The molecule has 5 atom stereocenters. The first-order chi connectivity index (χ1) is 15.1. The molecule has 0 bridgehead atoms. The third-order valence-corrected chi connectivity index (χ3v) is 5.49. The molecule has 0 saturated heterocycles. The first kappa shape index (κ1) is 27.0. The summed E-state index contributed by atoms with van der Waals surface area (Å²) in [6.07, 6.45) is 7.85. The minimum atomic E-state index is -0.935. The zero-order valence-electron chi connectivity index (χ0n) is 19.0. The van der Waals surface area contributed by atoms with Gasteiger partial charge in [0.25, 0.3) is 0 Å². The monoisotopic (exact) mass is 451 g/mol. The van der Waals surface area contributed by atoms with E-state index in [0.717, 1.165) is 12.0 Å². The van der Waals surface area contributed by atoms with Gasteiger partial charge in [0.1, 0.15) is 18.7 Å². The van der Waals surface area contributed by atoms with Crippen LogP contribution in [0.1, 0.15) is 46.5 Å². The van der Waals surface area contributed by atoms with Gasteiger partial charge in [0, 0.05) is 6.42 Å². The molecule has 3 amide bonds. The minimum Gasteiger partial charge on any atom is -0.393 e. The Labute approximate surface area is 189 Å². The second-order valence-electron chi connectivity index (χ2n) is 8.09. The number of nitrogens with one attached hydrogen (secondary N) is 2. The summed E-state index contributed by atoms with van der Waals surface area (Å²) in [4.78, 5) is 42.4. The molecule has 0 saturated carbocycles. The number of hydrogen-bond donors (Lipinski definition) is 6. The maximum absolute atomic E-state index is 13.0. The zero-order valence-corrected chi connectivity index (χ0v) is 19.0. The molecule has 1 rings (SSSR count). The van der Waals surface area contributed by atoms with Gasteiger partial charge in [0.15, 0.2) is 0 Å². The van der Waals surface area contributed by atoms with E-state index in [9.17, 15) is 14.4 Å². The van der Waals surface area contributed by atoms with Gasteiger partial charge in [-0.25, -0.2) is 0 Å². The van der Waals surface area contributed by atoms with Crippen LogP contribution in [-0.4, -0.2) is 48.4 Å². The molecule has 1 aliphatic rings. The normalized spacial score (nSPS) is 19.0. The van der Waals surface area contributed by atoms with E-state index in [1.54, 1.807) is 0 Å². The van der Waals surface area contributed by atoms with Gasteiger partial charge in [0.2, 0.25) is 23.7 Å². The van der Waals surface area contributed by atoms with Crippen molar-refractivity contribution in [3.8, 4) is 0 Å². The topological polar surface area (TPSA) is 201 Å². The number of carbonyl (C=O) groups is 3. The standard InChI is InChI=1S/C21H37N7O4/c1-4-12(2)17(27-19(30)15(22)9-10-32-28-21(24)25)20(31)26-16(18(23)29)11-14-8-6-5-7-13(14)3/h5-6,8,12-13,15-17H,4,7,9-11,22H2,1-3H3,(H2,23,29)(H,26,31)(H,27,30)(H4,24,25,28)/t12-,13?,15-,16-,17-/m0/s1. The van der Waals surface area contributed by atoms with E-state index in [-0.39, 0.29) is 30.8 Å². The second-order valence-corrected chi connectivity index (χ2v) is 8.09. The SMILES string of the molecule is CC[C@H](C)[C@H](NC(=O)[C@@H](N)CCON=C(N)N)C(=O)N[C@@H](CC1=CC=CCC1C)C(N)=O. The van der Waals surface area contributed by atoms with Crippen LogP contribution in [-0.2, 0) is 19.2 Å². The predicted octanol–water partition coefficient (Wildman–Crippen LogP) is -0.678. The summed E-state index contributed by atoms with van der Waals surface area (Å²) >= 11 is 0. The molecule has 10 N–H and O–H groups in total. The third-order valence-electron chi connectivity index (χ3n) is 5.49. The predicted molar refractivity (Wildman–Crippen MR) is 122 cm³/mol. The van der Waals surface area contributed by atoms with Crippen LogP contribution < -0.4 is 33.6 Å². The summed E-state index contributed by atoms with van der Waals surface area (Å²) in [7, 11) is 0. The maximum Gasteiger partial charge on any atom is 0.243 e. The molecule has 180 valence electrons. The highest BCUT2D eigenvalue weighted by atomic mass is 16.6. The van der Waals surface area contributed by atoms with E-state index >= 15 is 0 Å². The van der Waals surface area contributed by atoms with Crippen molar-refractivity contribution < 1.29 is 19.2 Å². The number of nitrogens with two attached hydrogens (primary N) is 4. The van der Waals surface area contributed by atoms with Gasteiger partial charge in [-0.1, -0.05) is 51.0 Å². The van der Waals surface area contributed by atoms with Crippen molar-refractivity contribution in [1.29, 1.82) is 0 Å². The summed E-state index contributed by atoms with van der Waals surface area (Å²) in [5.74, 6) is -1.83. The molecule has 11 nitrogen and oxygen atoms in total. The third kappa shape index (κ3) is 8.96. The number of allylic oxidation sites excluding steroid dienone is 3. The molecule has 0 heterocycles. The molecular formula is C21H37N7O4. The van der Waals surface area contributed by atoms with Crippen molar-refractivity contribution in [2.45, 2.75) is 64.6 Å². The van der Waals surface area contributed by atoms with Crippen LogP contribution in [0, 0.1) is 11.8 Å². The Balaban J connectivity index is 2.79. The van der Waals surface area contributed by atoms with Crippen molar-refractivity contribution in [3.63, 3.8) is 0 Å². The summed E-state index contributed by atoms with van der Waals surface area (Å²) in [6, 6.07) is -2.69. The van der Waals surface area contributed by atoms with Crippen LogP contribution in [0.5, 0.6) is 0 Å². The molecule has 0 aromatic rings. The Morgan fingerprint density at radius 1 is 1.22 bits per heavy atom. The molecule has 0 spiro atoms. The lowest BCUT2D eigenvalue weighted by Crippen LogP contribution is -2.57. The fourth-order valence-electron chi connectivity index (χ4n) is 3.17. The van der Waals surface area contributed by atoms with Gasteiger partial charge in [-0.2, -0.15) is 0 Å². The number of guanidine groups is 1. The van der Waals surface area contributed by atoms with Crippen LogP contribution in [0.15, 0.2) is 29.0 Å². The lowest BCUT2D eigenvalue weighted by atomic mass is 9.88.